The molecule has 1 aromatic carbocycles. The van der Waals surface area contributed by atoms with E-state index in [-0.39, 0.29) is 5.91 Å². The van der Waals surface area contributed by atoms with Crippen molar-refractivity contribution in [1.82, 2.24) is 15.0 Å². The average Bonchev–Trinajstić information content (AvgIpc) is 2.80. The van der Waals surface area contributed by atoms with Crippen molar-refractivity contribution < 1.29 is 9.53 Å². The van der Waals surface area contributed by atoms with Crippen LogP contribution in [0.25, 0.3) is 0 Å². The number of benzene rings is 1. The molecule has 4 rings (SSSR count). The molecule has 1 amide bonds. The smallest absolute Gasteiger partial charge is 0.257 e. The third kappa shape index (κ3) is 4.43. The van der Waals surface area contributed by atoms with Crippen molar-refractivity contribution in [2.75, 3.05) is 48.4 Å². The number of amides is 1. The van der Waals surface area contributed by atoms with Crippen molar-refractivity contribution in [2.45, 2.75) is 0 Å². The van der Waals surface area contributed by atoms with E-state index in [4.69, 9.17) is 4.74 Å². The van der Waals surface area contributed by atoms with Gasteiger partial charge >= 0.3 is 0 Å². The lowest BCUT2D eigenvalue weighted by atomic mass is 10.2. The van der Waals surface area contributed by atoms with Gasteiger partial charge in [0, 0.05) is 44.1 Å². The number of carbonyl (C=O) groups is 1. The molecule has 8 nitrogen and oxygen atoms in total. The first-order valence-electron chi connectivity index (χ1n) is 9.41. The highest BCUT2D eigenvalue weighted by atomic mass is 16.5. The van der Waals surface area contributed by atoms with E-state index in [1.807, 2.05) is 6.07 Å². The number of anilines is 3. The van der Waals surface area contributed by atoms with E-state index in [0.717, 1.165) is 26.2 Å². The van der Waals surface area contributed by atoms with Gasteiger partial charge in [-0.25, -0.2) is 15.0 Å². The van der Waals surface area contributed by atoms with E-state index in [2.05, 4.69) is 54.3 Å². The van der Waals surface area contributed by atoms with Gasteiger partial charge in [-0.3, -0.25) is 4.79 Å². The van der Waals surface area contributed by atoms with Gasteiger partial charge in [0.25, 0.3) is 5.91 Å². The van der Waals surface area contributed by atoms with Crippen LogP contribution in [0, 0.1) is 0 Å². The fraction of sp³-hybridized carbons (Fsp3) is 0.238. The molecule has 1 saturated heterocycles. The van der Waals surface area contributed by atoms with E-state index in [0.29, 0.717) is 23.1 Å². The van der Waals surface area contributed by atoms with Crippen LogP contribution in [-0.2, 0) is 0 Å². The van der Waals surface area contributed by atoms with E-state index >= 15 is 0 Å². The van der Waals surface area contributed by atoms with Gasteiger partial charge in [0.1, 0.15) is 0 Å². The summed E-state index contributed by atoms with van der Waals surface area (Å²) in [6.45, 7) is 3.52. The van der Waals surface area contributed by atoms with Crippen molar-refractivity contribution >= 4 is 23.2 Å². The van der Waals surface area contributed by atoms with Crippen LogP contribution in [0.3, 0.4) is 0 Å². The second-order valence-corrected chi connectivity index (χ2v) is 6.62. The molecule has 1 aliphatic heterocycles. The third-order valence-electron chi connectivity index (χ3n) is 4.79. The fourth-order valence-corrected chi connectivity index (χ4v) is 3.19. The van der Waals surface area contributed by atoms with E-state index < -0.39 is 0 Å². The van der Waals surface area contributed by atoms with Gasteiger partial charge in [-0.2, -0.15) is 0 Å². The molecular weight excluding hydrogens is 368 g/mol. The van der Waals surface area contributed by atoms with Crippen LogP contribution >= 0.6 is 0 Å². The number of piperazine rings is 1. The Balaban J connectivity index is 1.34. The number of rotatable bonds is 5. The highest BCUT2D eigenvalue weighted by Gasteiger charge is 2.19. The topological polar surface area (TPSA) is 83.5 Å². The number of carbonyl (C=O) groups excluding carboxylic acids is 1. The van der Waals surface area contributed by atoms with E-state index in [1.165, 1.54) is 19.0 Å². The largest absolute Gasteiger partial charge is 0.481 e. The molecule has 0 bridgehead atoms. The number of aromatic nitrogens is 3. The molecule has 3 heterocycles. The van der Waals surface area contributed by atoms with Crippen LogP contribution in [0.2, 0.25) is 0 Å². The summed E-state index contributed by atoms with van der Waals surface area (Å²) in [6.07, 6.45) is 4.72. The second-order valence-electron chi connectivity index (χ2n) is 6.62. The Kier molecular flexibility index (Phi) is 5.51. The summed E-state index contributed by atoms with van der Waals surface area (Å²) in [7, 11) is 1.53. The number of para-hydroxylation sites is 1. The first kappa shape index (κ1) is 18.7. The summed E-state index contributed by atoms with van der Waals surface area (Å²) < 4.78 is 5.00. The molecule has 0 radical (unpaired) electrons. The molecule has 0 atom stereocenters. The second kappa shape index (κ2) is 8.55. The molecular formula is C21H22N6O2. The molecule has 1 N–H and O–H groups in total. The van der Waals surface area contributed by atoms with Crippen LogP contribution in [0.15, 0.2) is 61.1 Å². The summed E-state index contributed by atoms with van der Waals surface area (Å²) in [5.41, 5.74) is 2.21. The predicted molar refractivity (Wildman–Crippen MR) is 112 cm³/mol. The lowest BCUT2D eigenvalue weighted by molar-refractivity contribution is 0.102. The number of hydrogen-bond donors (Lipinski definition) is 1. The van der Waals surface area contributed by atoms with Gasteiger partial charge in [-0.1, -0.05) is 18.2 Å². The monoisotopic (exact) mass is 390 g/mol. The SMILES string of the molecule is COc1ccc(C(=O)Nc2cnc(N3CCN(c4ccccc4)CC3)nc2)cn1. The molecule has 1 aliphatic rings. The van der Waals surface area contributed by atoms with Gasteiger partial charge in [0.15, 0.2) is 0 Å². The lowest BCUT2D eigenvalue weighted by Crippen LogP contribution is -2.47. The number of hydrogen-bond acceptors (Lipinski definition) is 7. The summed E-state index contributed by atoms with van der Waals surface area (Å²) in [4.78, 5) is 29.7. The Morgan fingerprint density at radius 2 is 1.59 bits per heavy atom. The first-order valence-corrected chi connectivity index (χ1v) is 9.41. The zero-order valence-electron chi connectivity index (χ0n) is 16.2. The molecule has 3 aromatic rings. The Bertz CT molecular complexity index is 939. The van der Waals surface area contributed by atoms with Gasteiger partial charge in [0.2, 0.25) is 11.8 Å². The Morgan fingerprint density at radius 3 is 2.21 bits per heavy atom. The molecule has 148 valence electrons. The normalized spacial score (nSPS) is 13.8. The number of nitrogens with zero attached hydrogens (tertiary/aromatic N) is 5. The maximum atomic E-state index is 12.3. The molecule has 0 aliphatic carbocycles. The number of pyridine rings is 1. The highest BCUT2D eigenvalue weighted by Crippen LogP contribution is 2.18. The number of methoxy groups -OCH3 is 1. The third-order valence-corrected chi connectivity index (χ3v) is 4.79. The standard InChI is InChI=1S/C21H22N6O2/c1-29-19-8-7-16(13-22-19)20(28)25-17-14-23-21(24-15-17)27-11-9-26(10-12-27)18-5-3-2-4-6-18/h2-8,13-15H,9-12H2,1H3,(H,25,28). The molecule has 8 heteroatoms. The zero-order chi connectivity index (χ0) is 20.1. The molecule has 0 unspecified atom stereocenters. The summed E-state index contributed by atoms with van der Waals surface area (Å²) in [5.74, 6) is 0.858. The van der Waals surface area contributed by atoms with Crippen molar-refractivity contribution in [1.29, 1.82) is 0 Å². The minimum Gasteiger partial charge on any atom is -0.481 e. The van der Waals surface area contributed by atoms with Crippen LogP contribution < -0.4 is 19.9 Å². The van der Waals surface area contributed by atoms with Crippen molar-refractivity contribution in [3.8, 4) is 5.88 Å². The van der Waals surface area contributed by atoms with Crippen molar-refractivity contribution in [2.24, 2.45) is 0 Å². The lowest BCUT2D eigenvalue weighted by Gasteiger charge is -2.36. The first-order chi connectivity index (χ1) is 14.2. The molecule has 0 saturated carbocycles. The maximum absolute atomic E-state index is 12.3. The quantitative estimate of drug-likeness (QED) is 0.716. The van der Waals surface area contributed by atoms with Gasteiger partial charge in [-0.15, -0.1) is 0 Å². The maximum Gasteiger partial charge on any atom is 0.257 e. The number of nitrogens with one attached hydrogen (secondary N) is 1. The van der Waals surface area contributed by atoms with Gasteiger partial charge in [0.05, 0.1) is 30.8 Å². The van der Waals surface area contributed by atoms with E-state index in [9.17, 15) is 4.79 Å². The summed E-state index contributed by atoms with van der Waals surface area (Å²) in [6, 6.07) is 13.7. The molecule has 2 aromatic heterocycles. The molecule has 0 spiro atoms. The van der Waals surface area contributed by atoms with Crippen molar-refractivity contribution in [3.63, 3.8) is 0 Å². The van der Waals surface area contributed by atoms with Gasteiger partial charge in [-0.05, 0) is 18.2 Å². The summed E-state index contributed by atoms with van der Waals surface area (Å²) >= 11 is 0. The molecule has 29 heavy (non-hydrogen) atoms. The average molecular weight is 390 g/mol. The minimum atomic E-state index is -0.270. The zero-order valence-corrected chi connectivity index (χ0v) is 16.2. The summed E-state index contributed by atoms with van der Waals surface area (Å²) in [5, 5.41) is 2.78. The van der Waals surface area contributed by atoms with Gasteiger partial charge < -0.3 is 19.9 Å². The minimum absolute atomic E-state index is 0.270. The predicted octanol–water partition coefficient (Wildman–Crippen LogP) is 2.46. The van der Waals surface area contributed by atoms with Crippen LogP contribution in [0.5, 0.6) is 5.88 Å². The Labute approximate surface area is 169 Å². The Morgan fingerprint density at radius 1 is 0.897 bits per heavy atom. The van der Waals surface area contributed by atoms with E-state index in [1.54, 1.807) is 24.5 Å². The van der Waals surface area contributed by atoms with Crippen LogP contribution in [0.4, 0.5) is 17.3 Å². The highest BCUT2D eigenvalue weighted by molar-refractivity contribution is 6.03. The Hall–Kier alpha value is -3.68. The number of ether oxygens (including phenoxy) is 1. The fourth-order valence-electron chi connectivity index (χ4n) is 3.19. The molecule has 1 fully saturated rings. The van der Waals surface area contributed by atoms with Crippen molar-refractivity contribution in [3.05, 3.63) is 66.6 Å². The van der Waals surface area contributed by atoms with Crippen LogP contribution in [-0.4, -0.2) is 54.1 Å². The van der Waals surface area contributed by atoms with Crippen LogP contribution in [0.1, 0.15) is 10.4 Å².